The number of carbonyl (C=O) groups is 3. The normalized spacial score (nSPS) is 18.0. The Labute approximate surface area is 290 Å². The average Bonchev–Trinajstić information content (AvgIpc) is 3.36. The third-order valence-electron chi connectivity index (χ3n) is 10.4. The Balaban J connectivity index is 1.66. The summed E-state index contributed by atoms with van der Waals surface area (Å²) < 4.78 is 34.4. The molecule has 0 aliphatic carbocycles. The Hall–Kier alpha value is -3.90. The van der Waals surface area contributed by atoms with Gasteiger partial charge in [0.15, 0.2) is 8.32 Å². The summed E-state index contributed by atoms with van der Waals surface area (Å²) in [5.41, 5.74) is 1.00. The van der Waals surface area contributed by atoms with Crippen molar-refractivity contribution >= 4 is 42.9 Å². The van der Waals surface area contributed by atoms with Crippen LogP contribution in [0.4, 0.5) is 19.7 Å². The average molecular weight is 695 g/mol. The molecule has 3 aromatic rings. The SMILES string of the molecule is COc1ccc2c3c(n(C(=O)OC(C)(C)C)c2c1)[C@H](CO[Si](C)(C)C(C)(C)C)N(C(C)=O)CC31CCN(C(=O)Nc2ccccc2F)CC1. The minimum absolute atomic E-state index is 0.0753. The van der Waals surface area contributed by atoms with E-state index < -0.39 is 37.3 Å². The van der Waals surface area contributed by atoms with E-state index in [1.165, 1.54) is 12.1 Å². The molecule has 1 atom stereocenters. The summed E-state index contributed by atoms with van der Waals surface area (Å²) in [7, 11) is -0.696. The zero-order valence-electron chi connectivity index (χ0n) is 30.5. The predicted molar refractivity (Wildman–Crippen MR) is 191 cm³/mol. The summed E-state index contributed by atoms with van der Waals surface area (Å²) in [6, 6.07) is 10.8. The quantitative estimate of drug-likeness (QED) is 0.271. The maximum Gasteiger partial charge on any atom is 0.419 e. The van der Waals surface area contributed by atoms with Gasteiger partial charge >= 0.3 is 12.1 Å². The van der Waals surface area contributed by atoms with Gasteiger partial charge in [-0.1, -0.05) is 32.9 Å². The molecule has 12 heteroatoms. The van der Waals surface area contributed by atoms with Crippen LogP contribution in [0.5, 0.6) is 5.75 Å². The van der Waals surface area contributed by atoms with Gasteiger partial charge in [0.05, 0.1) is 36.7 Å². The molecule has 1 saturated heterocycles. The van der Waals surface area contributed by atoms with Crippen LogP contribution in [0.15, 0.2) is 42.5 Å². The first-order valence-corrected chi connectivity index (χ1v) is 19.9. The van der Waals surface area contributed by atoms with Gasteiger partial charge in [0.1, 0.15) is 17.2 Å². The van der Waals surface area contributed by atoms with Gasteiger partial charge in [0, 0.05) is 43.4 Å². The van der Waals surface area contributed by atoms with Crippen molar-refractivity contribution in [1.29, 1.82) is 0 Å². The Morgan fingerprint density at radius 3 is 2.24 bits per heavy atom. The van der Waals surface area contributed by atoms with Crippen LogP contribution >= 0.6 is 0 Å². The lowest BCUT2D eigenvalue weighted by Crippen LogP contribution is -2.57. The number of amides is 3. The van der Waals surface area contributed by atoms with E-state index in [1.54, 1.807) is 35.6 Å². The molecule has 1 N–H and O–H groups in total. The number of methoxy groups -OCH3 is 1. The summed E-state index contributed by atoms with van der Waals surface area (Å²) in [5, 5.41) is 3.50. The number of rotatable bonds is 5. The number of aromatic nitrogens is 1. The first-order chi connectivity index (χ1) is 22.8. The van der Waals surface area contributed by atoms with Crippen LogP contribution < -0.4 is 10.1 Å². The van der Waals surface area contributed by atoms with E-state index in [0.717, 1.165) is 10.9 Å². The highest BCUT2D eigenvalue weighted by Crippen LogP contribution is 2.51. The Morgan fingerprint density at radius 1 is 1.02 bits per heavy atom. The third kappa shape index (κ3) is 7.08. The number of benzene rings is 2. The lowest BCUT2D eigenvalue weighted by Gasteiger charge is -2.51. The van der Waals surface area contributed by atoms with E-state index in [9.17, 15) is 18.8 Å². The van der Waals surface area contributed by atoms with E-state index in [2.05, 4.69) is 39.2 Å². The monoisotopic (exact) mass is 694 g/mol. The molecule has 10 nitrogen and oxygen atoms in total. The molecule has 0 saturated carbocycles. The fourth-order valence-corrected chi connectivity index (χ4v) is 7.77. The first kappa shape index (κ1) is 36.4. The summed E-state index contributed by atoms with van der Waals surface area (Å²) >= 11 is 0. The fourth-order valence-electron chi connectivity index (χ4n) is 6.76. The van der Waals surface area contributed by atoms with E-state index in [4.69, 9.17) is 13.9 Å². The van der Waals surface area contributed by atoms with Crippen LogP contribution in [-0.2, 0) is 19.4 Å². The maximum absolute atomic E-state index is 14.4. The smallest absolute Gasteiger partial charge is 0.419 e. The standard InChI is InChI=1S/C37H51FN4O6Si/c1-24(43)41-23-37(17-19-40(20-18-37)33(44)39-28-14-12-11-13-27(28)38)31-26-16-15-25(46-8)21-29(26)42(34(45)48-35(2,3)4)32(31)30(41)22-47-49(9,10)36(5,6)7/h11-16,21,30H,17-20,22-23H2,1-10H3,(H,39,44)/t30-/m0/s1. The minimum Gasteiger partial charge on any atom is -0.497 e. The number of halogens is 1. The molecule has 266 valence electrons. The highest BCUT2D eigenvalue weighted by Gasteiger charge is 2.51. The number of anilines is 1. The number of para-hydroxylation sites is 1. The molecule has 1 fully saturated rings. The molecule has 0 unspecified atom stereocenters. The van der Waals surface area contributed by atoms with Crippen molar-refractivity contribution in [3.63, 3.8) is 0 Å². The van der Waals surface area contributed by atoms with Gasteiger partial charge in [-0.25, -0.2) is 18.5 Å². The number of carbonyl (C=O) groups excluding carboxylic acids is 3. The van der Waals surface area contributed by atoms with Crippen molar-refractivity contribution in [2.75, 3.05) is 38.7 Å². The zero-order chi connectivity index (χ0) is 36.1. The molecule has 0 bridgehead atoms. The third-order valence-corrected chi connectivity index (χ3v) is 14.9. The fraction of sp³-hybridized carbons (Fsp3) is 0.541. The largest absolute Gasteiger partial charge is 0.497 e. The summed E-state index contributed by atoms with van der Waals surface area (Å²) in [6.45, 7) is 19.2. The molecule has 49 heavy (non-hydrogen) atoms. The molecular weight excluding hydrogens is 644 g/mol. The lowest BCUT2D eigenvalue weighted by atomic mass is 9.68. The van der Waals surface area contributed by atoms with E-state index in [1.807, 2.05) is 43.9 Å². The molecular formula is C37H51FN4O6Si. The Kier molecular flexibility index (Phi) is 9.72. The van der Waals surface area contributed by atoms with Crippen LogP contribution in [0, 0.1) is 5.82 Å². The number of hydrogen-bond acceptors (Lipinski definition) is 6. The number of fused-ring (bicyclic) bond motifs is 4. The van der Waals surface area contributed by atoms with Gasteiger partial charge in [-0.15, -0.1) is 0 Å². The van der Waals surface area contributed by atoms with Crippen molar-refractivity contribution in [3.8, 4) is 5.75 Å². The molecule has 3 amide bonds. The van der Waals surface area contributed by atoms with E-state index >= 15 is 0 Å². The number of nitrogens with zero attached hydrogens (tertiary/aromatic N) is 3. The van der Waals surface area contributed by atoms with Crippen molar-refractivity contribution in [1.82, 2.24) is 14.4 Å². The van der Waals surface area contributed by atoms with Crippen molar-refractivity contribution in [2.45, 2.75) is 96.5 Å². The van der Waals surface area contributed by atoms with E-state index in [0.29, 0.717) is 49.4 Å². The van der Waals surface area contributed by atoms with Crippen LogP contribution in [-0.4, -0.2) is 79.7 Å². The van der Waals surface area contributed by atoms with Gasteiger partial charge in [0.25, 0.3) is 0 Å². The lowest BCUT2D eigenvalue weighted by molar-refractivity contribution is -0.134. The van der Waals surface area contributed by atoms with Crippen LogP contribution in [0.2, 0.25) is 18.1 Å². The van der Waals surface area contributed by atoms with Gasteiger partial charge < -0.3 is 29.0 Å². The molecule has 2 aromatic carbocycles. The Bertz CT molecular complexity index is 1750. The topological polar surface area (TPSA) is 102 Å². The molecule has 3 heterocycles. The second-order valence-electron chi connectivity index (χ2n) is 15.9. The molecule has 1 spiro atoms. The number of nitrogens with one attached hydrogen (secondary N) is 1. The van der Waals surface area contributed by atoms with Gasteiger partial charge in [-0.3, -0.25) is 4.79 Å². The van der Waals surface area contributed by atoms with Crippen molar-refractivity contribution in [2.24, 2.45) is 0 Å². The van der Waals surface area contributed by atoms with Gasteiger partial charge in [-0.05, 0) is 81.6 Å². The second kappa shape index (κ2) is 13.1. The maximum atomic E-state index is 14.4. The highest BCUT2D eigenvalue weighted by atomic mass is 28.4. The first-order valence-electron chi connectivity index (χ1n) is 17.0. The van der Waals surface area contributed by atoms with Crippen LogP contribution in [0.25, 0.3) is 10.9 Å². The molecule has 0 radical (unpaired) electrons. The van der Waals surface area contributed by atoms with Gasteiger partial charge in [-0.2, -0.15) is 0 Å². The number of urea groups is 1. The zero-order valence-corrected chi connectivity index (χ0v) is 31.5. The summed E-state index contributed by atoms with van der Waals surface area (Å²) in [5.74, 6) is -0.0554. The number of piperidine rings is 1. The van der Waals surface area contributed by atoms with Crippen molar-refractivity contribution in [3.05, 3.63) is 59.5 Å². The summed E-state index contributed by atoms with van der Waals surface area (Å²) in [6.07, 6.45) is 0.486. The number of ether oxygens (including phenoxy) is 2. The molecule has 2 aliphatic heterocycles. The molecule has 1 aromatic heterocycles. The molecule has 2 aliphatic rings. The number of likely N-dealkylation sites (tertiary alicyclic amines) is 1. The summed E-state index contributed by atoms with van der Waals surface area (Å²) in [4.78, 5) is 44.7. The van der Waals surface area contributed by atoms with E-state index in [-0.39, 0.29) is 29.3 Å². The minimum atomic E-state index is -2.28. The molecule has 5 rings (SSSR count). The Morgan fingerprint density at radius 2 is 1.67 bits per heavy atom. The van der Waals surface area contributed by atoms with Gasteiger partial charge in [0.2, 0.25) is 5.91 Å². The number of hydrogen-bond donors (Lipinski definition) is 1. The van der Waals surface area contributed by atoms with Crippen LogP contribution in [0.3, 0.4) is 0 Å². The van der Waals surface area contributed by atoms with Crippen LogP contribution in [0.1, 0.15) is 78.6 Å². The predicted octanol–water partition coefficient (Wildman–Crippen LogP) is 8.06. The second-order valence-corrected chi connectivity index (χ2v) is 20.7. The van der Waals surface area contributed by atoms with Crippen molar-refractivity contribution < 1.29 is 32.7 Å². The highest BCUT2D eigenvalue weighted by molar-refractivity contribution is 6.74.